The number of hydrogen-bond acceptors (Lipinski definition) is 1. The lowest BCUT2D eigenvalue weighted by Crippen LogP contribution is -2.23. The fourth-order valence-corrected chi connectivity index (χ4v) is 2.18. The number of ketones is 1. The molecular weight excluding hydrogens is 196 g/mol. The molecule has 0 bridgehead atoms. The summed E-state index contributed by atoms with van der Waals surface area (Å²) in [5.41, 5.74) is 0.127. The first kappa shape index (κ1) is 11.8. The number of hydrogen-bond donors (Lipinski definition) is 0. The first-order valence-electron chi connectivity index (χ1n) is 5.42. The Morgan fingerprint density at radius 1 is 1.57 bits per heavy atom. The molecule has 1 aliphatic rings. The van der Waals surface area contributed by atoms with Gasteiger partial charge in [-0.2, -0.15) is 0 Å². The molecule has 0 aliphatic heterocycles. The Labute approximate surface area is 91.5 Å². The molecule has 1 saturated carbocycles. The van der Waals surface area contributed by atoms with E-state index >= 15 is 0 Å². The molecule has 0 unspecified atom stereocenters. The van der Waals surface area contributed by atoms with Gasteiger partial charge in [0.1, 0.15) is 5.78 Å². The van der Waals surface area contributed by atoms with Gasteiger partial charge < -0.3 is 0 Å². The van der Waals surface area contributed by atoms with Crippen molar-refractivity contribution in [2.24, 2.45) is 5.41 Å². The summed E-state index contributed by atoms with van der Waals surface area (Å²) in [5, 5.41) is 0. The Bertz CT molecular complexity index is 222. The Kier molecular flexibility index (Phi) is 4.67. The second-order valence-electron chi connectivity index (χ2n) is 4.46. The van der Waals surface area contributed by atoms with Gasteiger partial charge in [-0.25, -0.2) is 0 Å². The van der Waals surface area contributed by atoms with E-state index in [0.29, 0.717) is 5.78 Å². The SMILES string of the molecule is C[C@@]1(/C=C/CCCCl)CCCC(=O)C1. The molecule has 1 rings (SSSR count). The van der Waals surface area contributed by atoms with Crippen molar-refractivity contribution >= 4 is 17.4 Å². The highest BCUT2D eigenvalue weighted by molar-refractivity contribution is 6.17. The van der Waals surface area contributed by atoms with Crippen molar-refractivity contribution in [3.8, 4) is 0 Å². The zero-order valence-electron chi connectivity index (χ0n) is 8.89. The maximum absolute atomic E-state index is 11.3. The molecule has 0 amide bonds. The highest BCUT2D eigenvalue weighted by Crippen LogP contribution is 2.35. The van der Waals surface area contributed by atoms with Crippen LogP contribution in [-0.4, -0.2) is 11.7 Å². The van der Waals surface area contributed by atoms with Gasteiger partial charge in [-0.15, -0.1) is 11.6 Å². The van der Waals surface area contributed by atoms with Gasteiger partial charge in [-0.1, -0.05) is 19.1 Å². The van der Waals surface area contributed by atoms with Crippen molar-refractivity contribution in [1.82, 2.24) is 0 Å². The van der Waals surface area contributed by atoms with Gasteiger partial charge in [0.15, 0.2) is 0 Å². The predicted molar refractivity (Wildman–Crippen MR) is 60.7 cm³/mol. The molecule has 0 aromatic heterocycles. The first-order chi connectivity index (χ1) is 6.66. The molecule has 14 heavy (non-hydrogen) atoms. The standard InChI is InChI=1S/C12H19ClO/c1-12(7-3-2-4-9-13)8-5-6-11(14)10-12/h3,7H,2,4-6,8-10H2,1H3/b7-3+/t12-/m1/s1. The molecule has 0 saturated heterocycles. The predicted octanol–water partition coefficient (Wildman–Crippen LogP) is 3.71. The van der Waals surface area contributed by atoms with Crippen LogP contribution in [0.15, 0.2) is 12.2 Å². The second-order valence-corrected chi connectivity index (χ2v) is 4.83. The Balaban J connectivity index is 2.39. The van der Waals surface area contributed by atoms with Gasteiger partial charge in [0.2, 0.25) is 0 Å². The van der Waals surface area contributed by atoms with Crippen molar-refractivity contribution in [3.05, 3.63) is 12.2 Å². The lowest BCUT2D eigenvalue weighted by Gasteiger charge is -2.29. The van der Waals surface area contributed by atoms with Gasteiger partial charge in [0, 0.05) is 18.7 Å². The van der Waals surface area contributed by atoms with Gasteiger partial charge >= 0.3 is 0 Å². The van der Waals surface area contributed by atoms with Crippen molar-refractivity contribution in [3.63, 3.8) is 0 Å². The van der Waals surface area contributed by atoms with Crippen molar-refractivity contribution in [2.75, 3.05) is 5.88 Å². The number of carbonyl (C=O) groups is 1. The summed E-state index contributed by atoms with van der Waals surface area (Å²) in [6.45, 7) is 2.18. The van der Waals surface area contributed by atoms with Crippen LogP contribution in [0.5, 0.6) is 0 Å². The molecule has 1 aliphatic carbocycles. The Morgan fingerprint density at radius 3 is 3.00 bits per heavy atom. The quantitative estimate of drug-likeness (QED) is 0.396. The molecule has 80 valence electrons. The third-order valence-electron chi connectivity index (χ3n) is 2.83. The van der Waals surface area contributed by atoms with Crippen LogP contribution in [0.25, 0.3) is 0 Å². The molecule has 0 aromatic carbocycles. The van der Waals surface area contributed by atoms with Gasteiger partial charge in [0.25, 0.3) is 0 Å². The van der Waals surface area contributed by atoms with E-state index in [1.165, 1.54) is 0 Å². The van der Waals surface area contributed by atoms with Crippen molar-refractivity contribution in [1.29, 1.82) is 0 Å². The number of Topliss-reactive ketones (excluding diaryl/α,β-unsaturated/α-hetero) is 1. The summed E-state index contributed by atoms with van der Waals surface area (Å²) in [5.74, 6) is 1.14. The average Bonchev–Trinajstić information content (AvgIpc) is 2.12. The Morgan fingerprint density at radius 2 is 2.36 bits per heavy atom. The van der Waals surface area contributed by atoms with E-state index in [4.69, 9.17) is 11.6 Å². The molecule has 0 aromatic rings. The van der Waals surface area contributed by atoms with Crippen LogP contribution in [0.3, 0.4) is 0 Å². The van der Waals surface area contributed by atoms with E-state index in [1.807, 2.05) is 0 Å². The number of halogens is 1. The highest BCUT2D eigenvalue weighted by atomic mass is 35.5. The second kappa shape index (κ2) is 5.55. The third-order valence-corrected chi connectivity index (χ3v) is 3.10. The summed E-state index contributed by atoms with van der Waals surface area (Å²) < 4.78 is 0. The fourth-order valence-electron chi connectivity index (χ4n) is 2.02. The number of alkyl halides is 1. The summed E-state index contributed by atoms with van der Waals surface area (Å²) in [7, 11) is 0. The lowest BCUT2D eigenvalue weighted by atomic mass is 9.75. The molecule has 0 spiro atoms. The number of unbranched alkanes of at least 4 members (excludes halogenated alkanes) is 1. The van der Waals surface area contributed by atoms with Gasteiger partial charge in [0.05, 0.1) is 0 Å². The van der Waals surface area contributed by atoms with E-state index in [0.717, 1.165) is 44.4 Å². The zero-order chi connectivity index (χ0) is 10.4. The highest BCUT2D eigenvalue weighted by Gasteiger charge is 2.28. The summed E-state index contributed by atoms with van der Waals surface area (Å²) in [6.07, 6.45) is 10.2. The minimum absolute atomic E-state index is 0.127. The van der Waals surface area contributed by atoms with E-state index in [1.54, 1.807) is 0 Å². The first-order valence-corrected chi connectivity index (χ1v) is 5.95. The van der Waals surface area contributed by atoms with Crippen LogP contribution in [0.2, 0.25) is 0 Å². The van der Waals surface area contributed by atoms with Crippen LogP contribution in [0.4, 0.5) is 0 Å². The van der Waals surface area contributed by atoms with Crippen molar-refractivity contribution < 1.29 is 4.79 Å². The van der Waals surface area contributed by atoms with E-state index < -0.39 is 0 Å². The fraction of sp³-hybridized carbons (Fsp3) is 0.750. The van der Waals surface area contributed by atoms with Crippen LogP contribution in [0, 0.1) is 5.41 Å². The number of carbonyl (C=O) groups excluding carboxylic acids is 1. The summed E-state index contributed by atoms with van der Waals surface area (Å²) >= 11 is 5.59. The van der Waals surface area contributed by atoms with E-state index in [2.05, 4.69) is 19.1 Å². The molecule has 0 radical (unpaired) electrons. The number of rotatable bonds is 4. The molecular formula is C12H19ClO. The molecule has 1 fully saturated rings. The third kappa shape index (κ3) is 3.83. The molecule has 0 heterocycles. The zero-order valence-corrected chi connectivity index (χ0v) is 9.65. The van der Waals surface area contributed by atoms with Gasteiger partial charge in [-0.05, 0) is 31.1 Å². The molecule has 1 atom stereocenters. The Hall–Kier alpha value is -0.300. The average molecular weight is 215 g/mol. The topological polar surface area (TPSA) is 17.1 Å². The van der Waals surface area contributed by atoms with E-state index in [9.17, 15) is 4.79 Å². The maximum Gasteiger partial charge on any atom is 0.133 e. The lowest BCUT2D eigenvalue weighted by molar-refractivity contribution is -0.122. The summed E-state index contributed by atoms with van der Waals surface area (Å²) in [6, 6.07) is 0. The van der Waals surface area contributed by atoms with E-state index in [-0.39, 0.29) is 5.41 Å². The normalized spacial score (nSPS) is 28.6. The minimum Gasteiger partial charge on any atom is -0.300 e. The largest absolute Gasteiger partial charge is 0.300 e. The van der Waals surface area contributed by atoms with Crippen molar-refractivity contribution in [2.45, 2.75) is 45.4 Å². The molecule has 2 heteroatoms. The van der Waals surface area contributed by atoms with Crippen LogP contribution < -0.4 is 0 Å². The monoisotopic (exact) mass is 214 g/mol. The van der Waals surface area contributed by atoms with Gasteiger partial charge in [-0.3, -0.25) is 4.79 Å². The minimum atomic E-state index is 0.127. The smallest absolute Gasteiger partial charge is 0.133 e. The molecule has 0 N–H and O–H groups in total. The molecule has 1 nitrogen and oxygen atoms in total. The van der Waals surface area contributed by atoms with Crippen LogP contribution >= 0.6 is 11.6 Å². The number of allylic oxidation sites excluding steroid dienone is 2. The maximum atomic E-state index is 11.3. The summed E-state index contributed by atoms with van der Waals surface area (Å²) in [4.78, 5) is 11.3. The van der Waals surface area contributed by atoms with Crippen LogP contribution in [0.1, 0.15) is 45.4 Å². The van der Waals surface area contributed by atoms with Crippen LogP contribution in [-0.2, 0) is 4.79 Å².